The summed E-state index contributed by atoms with van der Waals surface area (Å²) in [5.74, 6) is 2.27. The Morgan fingerprint density at radius 3 is 2.48 bits per heavy atom. The highest BCUT2D eigenvalue weighted by Crippen LogP contribution is 2.38. The number of fused-ring (bicyclic) bond motifs is 2. The van der Waals surface area contributed by atoms with Gasteiger partial charge in [-0.25, -0.2) is 0 Å². The summed E-state index contributed by atoms with van der Waals surface area (Å²) in [6.45, 7) is 2.49. The van der Waals surface area contributed by atoms with Crippen molar-refractivity contribution in [2.24, 2.45) is 11.8 Å². The predicted molar refractivity (Wildman–Crippen MR) is 102 cm³/mol. The first-order valence-electron chi connectivity index (χ1n) is 10.5. The minimum Gasteiger partial charge on any atom is -0.490 e. The zero-order valence-electron chi connectivity index (χ0n) is 15.8. The molecule has 5 heteroatoms. The predicted octanol–water partition coefficient (Wildman–Crippen LogP) is 3.09. The number of carbonyl (C=O) groups excluding carboxylic acids is 2. The van der Waals surface area contributed by atoms with Crippen LogP contribution in [0.25, 0.3) is 0 Å². The van der Waals surface area contributed by atoms with Gasteiger partial charge < -0.3 is 14.5 Å². The van der Waals surface area contributed by atoms with Crippen molar-refractivity contribution >= 4 is 11.8 Å². The van der Waals surface area contributed by atoms with Crippen LogP contribution in [0.4, 0.5) is 0 Å². The number of piperidine rings is 2. The van der Waals surface area contributed by atoms with E-state index in [4.69, 9.17) is 4.74 Å². The van der Waals surface area contributed by atoms with Crippen molar-refractivity contribution in [3.8, 4) is 5.75 Å². The molecule has 1 aromatic carbocycles. The number of benzene rings is 1. The molecular formula is C22H28N2O3. The van der Waals surface area contributed by atoms with Gasteiger partial charge >= 0.3 is 0 Å². The first-order chi connectivity index (χ1) is 13.2. The first-order valence-corrected chi connectivity index (χ1v) is 10.5. The average molecular weight is 368 g/mol. The minimum atomic E-state index is 0.126. The van der Waals surface area contributed by atoms with Gasteiger partial charge in [-0.2, -0.15) is 0 Å². The summed E-state index contributed by atoms with van der Waals surface area (Å²) in [7, 11) is 0. The van der Waals surface area contributed by atoms with Gasteiger partial charge in [0.15, 0.2) is 0 Å². The van der Waals surface area contributed by atoms with E-state index in [9.17, 15) is 9.59 Å². The van der Waals surface area contributed by atoms with Gasteiger partial charge in [0.1, 0.15) is 11.9 Å². The van der Waals surface area contributed by atoms with Crippen LogP contribution in [0, 0.1) is 11.8 Å². The molecule has 4 aliphatic rings. The van der Waals surface area contributed by atoms with Crippen LogP contribution in [0.2, 0.25) is 0 Å². The summed E-state index contributed by atoms with van der Waals surface area (Å²) in [6, 6.07) is 8.10. The summed E-state index contributed by atoms with van der Waals surface area (Å²) in [5.41, 5.74) is 0.737. The minimum absolute atomic E-state index is 0.126. The van der Waals surface area contributed by atoms with E-state index >= 15 is 0 Å². The molecule has 27 heavy (non-hydrogen) atoms. The summed E-state index contributed by atoms with van der Waals surface area (Å²) in [4.78, 5) is 29.1. The third-order valence-electron chi connectivity index (χ3n) is 6.73. The highest BCUT2D eigenvalue weighted by Gasteiger charge is 2.40. The fraction of sp³-hybridized carbons (Fsp3) is 0.636. The number of ether oxygens (including phenoxy) is 1. The average Bonchev–Trinajstić information content (AvgIpc) is 3.34. The lowest BCUT2D eigenvalue weighted by atomic mass is 10.1. The number of rotatable bonds is 4. The summed E-state index contributed by atoms with van der Waals surface area (Å²) >= 11 is 0. The van der Waals surface area contributed by atoms with Crippen LogP contribution < -0.4 is 4.74 Å². The van der Waals surface area contributed by atoms with Crippen molar-refractivity contribution in [3.05, 3.63) is 29.8 Å². The Morgan fingerprint density at radius 2 is 1.81 bits per heavy atom. The maximum absolute atomic E-state index is 12.9. The van der Waals surface area contributed by atoms with Gasteiger partial charge in [-0.1, -0.05) is 6.07 Å². The van der Waals surface area contributed by atoms with E-state index in [-0.39, 0.29) is 12.0 Å². The number of likely N-dealkylation sites (tertiary alicyclic amines) is 2. The van der Waals surface area contributed by atoms with Crippen LogP contribution in [0.15, 0.2) is 24.3 Å². The largest absolute Gasteiger partial charge is 0.490 e. The first kappa shape index (κ1) is 17.1. The van der Waals surface area contributed by atoms with Gasteiger partial charge in [-0.05, 0) is 56.2 Å². The van der Waals surface area contributed by atoms with Gasteiger partial charge in [-0.15, -0.1) is 0 Å². The van der Waals surface area contributed by atoms with E-state index in [0.29, 0.717) is 23.8 Å². The summed E-state index contributed by atoms with van der Waals surface area (Å²) in [5, 5.41) is 0. The molecule has 0 N–H and O–H groups in total. The van der Waals surface area contributed by atoms with E-state index in [1.165, 1.54) is 12.8 Å². The third kappa shape index (κ3) is 3.44. The maximum atomic E-state index is 12.9. The molecule has 2 aliphatic heterocycles. The molecule has 4 fully saturated rings. The van der Waals surface area contributed by atoms with Gasteiger partial charge in [0.2, 0.25) is 5.91 Å². The molecule has 0 spiro atoms. The smallest absolute Gasteiger partial charge is 0.254 e. The summed E-state index contributed by atoms with van der Waals surface area (Å²) in [6.07, 6.45) is 7.61. The topological polar surface area (TPSA) is 49.9 Å². The second-order valence-electron chi connectivity index (χ2n) is 8.74. The zero-order chi connectivity index (χ0) is 18.4. The molecule has 5 nitrogen and oxygen atoms in total. The molecule has 2 amide bonds. The molecule has 0 aromatic heterocycles. The second-order valence-corrected chi connectivity index (χ2v) is 8.74. The van der Waals surface area contributed by atoms with Gasteiger partial charge in [-0.3, -0.25) is 9.59 Å². The highest BCUT2D eigenvalue weighted by atomic mass is 16.5. The summed E-state index contributed by atoms with van der Waals surface area (Å²) < 4.78 is 6.17. The van der Waals surface area contributed by atoms with Crippen LogP contribution in [-0.2, 0) is 4.79 Å². The molecule has 2 aliphatic carbocycles. The molecule has 2 saturated heterocycles. The molecule has 0 unspecified atom stereocenters. The maximum Gasteiger partial charge on any atom is 0.254 e. The van der Waals surface area contributed by atoms with E-state index in [1.807, 2.05) is 29.2 Å². The Balaban J connectivity index is 1.19. The molecule has 2 atom stereocenters. The molecule has 2 saturated carbocycles. The SMILES string of the molecule is O=C(C1CC1)N1CCC(Oc2cccc(C(=O)N3C[C@H]4CC[C@H]3C4)c2)CC1. The van der Waals surface area contributed by atoms with Gasteiger partial charge in [0.05, 0.1) is 0 Å². The lowest BCUT2D eigenvalue weighted by Crippen LogP contribution is -2.42. The monoisotopic (exact) mass is 368 g/mol. The van der Waals surface area contributed by atoms with E-state index < -0.39 is 0 Å². The molecule has 5 rings (SSSR count). The highest BCUT2D eigenvalue weighted by molar-refractivity contribution is 5.95. The fourth-order valence-corrected chi connectivity index (χ4v) is 5.02. The number of hydrogen-bond donors (Lipinski definition) is 0. The quantitative estimate of drug-likeness (QED) is 0.821. The van der Waals surface area contributed by atoms with Crippen LogP contribution in [-0.4, -0.2) is 53.4 Å². The standard InChI is InChI=1S/C22H28N2O3/c25-21(16-5-6-16)23-10-8-19(9-11-23)27-20-3-1-2-17(13-20)22(26)24-14-15-4-7-18(24)12-15/h1-3,13,15-16,18-19H,4-12,14H2/t15-,18-/m0/s1. The molecular weight excluding hydrogens is 340 g/mol. The van der Waals surface area contributed by atoms with Gasteiger partial charge in [0, 0.05) is 50.0 Å². The van der Waals surface area contributed by atoms with Crippen molar-refractivity contribution in [1.82, 2.24) is 9.80 Å². The Morgan fingerprint density at radius 1 is 1.00 bits per heavy atom. The number of nitrogens with zero attached hydrogens (tertiary/aromatic N) is 2. The van der Waals surface area contributed by atoms with Crippen LogP contribution in [0.1, 0.15) is 55.3 Å². The lowest BCUT2D eigenvalue weighted by molar-refractivity contribution is -0.134. The molecule has 2 bridgehead atoms. The van der Waals surface area contributed by atoms with E-state index in [0.717, 1.165) is 63.1 Å². The Hall–Kier alpha value is -2.04. The Kier molecular flexibility index (Phi) is 4.33. The number of amides is 2. The van der Waals surface area contributed by atoms with Crippen molar-refractivity contribution in [1.29, 1.82) is 0 Å². The zero-order valence-corrected chi connectivity index (χ0v) is 15.8. The van der Waals surface area contributed by atoms with Gasteiger partial charge in [0.25, 0.3) is 5.91 Å². The molecule has 1 aromatic rings. The normalized spacial score (nSPS) is 27.9. The molecule has 2 heterocycles. The van der Waals surface area contributed by atoms with Crippen molar-refractivity contribution in [2.75, 3.05) is 19.6 Å². The van der Waals surface area contributed by atoms with Crippen molar-refractivity contribution < 1.29 is 14.3 Å². The van der Waals surface area contributed by atoms with Crippen molar-refractivity contribution in [3.63, 3.8) is 0 Å². The fourth-order valence-electron chi connectivity index (χ4n) is 5.02. The van der Waals surface area contributed by atoms with E-state index in [2.05, 4.69) is 4.90 Å². The number of hydrogen-bond acceptors (Lipinski definition) is 3. The molecule has 0 radical (unpaired) electrons. The van der Waals surface area contributed by atoms with Crippen LogP contribution >= 0.6 is 0 Å². The third-order valence-corrected chi connectivity index (χ3v) is 6.73. The van der Waals surface area contributed by atoms with Crippen LogP contribution in [0.5, 0.6) is 5.75 Å². The Bertz CT molecular complexity index is 737. The number of carbonyl (C=O) groups is 2. The lowest BCUT2D eigenvalue weighted by Gasteiger charge is -2.32. The molecule has 144 valence electrons. The Labute approximate surface area is 160 Å². The van der Waals surface area contributed by atoms with Crippen molar-refractivity contribution in [2.45, 2.75) is 57.1 Å². The second kappa shape index (κ2) is 6.84. The van der Waals surface area contributed by atoms with Crippen LogP contribution in [0.3, 0.4) is 0 Å². The van der Waals surface area contributed by atoms with E-state index in [1.54, 1.807) is 0 Å².